The Bertz CT molecular complexity index is 434. The van der Waals surface area contributed by atoms with Crippen LogP contribution in [0.25, 0.3) is 0 Å². The Kier molecular flexibility index (Phi) is 3.95. The first kappa shape index (κ1) is 11.3. The Labute approximate surface area is 92.0 Å². The fourth-order valence-corrected chi connectivity index (χ4v) is 1.08. The van der Waals surface area contributed by atoms with E-state index >= 15 is 0 Å². The molecular weight excluding hydrogens is 218 g/mol. The molecule has 0 aliphatic heterocycles. The number of non-ortho nitro benzene ring substituents is 1. The summed E-state index contributed by atoms with van der Waals surface area (Å²) in [5.74, 6) is 5.91. The molecule has 0 aliphatic rings. The van der Waals surface area contributed by atoms with E-state index < -0.39 is 4.92 Å². The van der Waals surface area contributed by atoms with Crippen LogP contribution in [-0.4, -0.2) is 17.9 Å². The van der Waals surface area contributed by atoms with Crippen molar-refractivity contribution in [1.82, 2.24) is 0 Å². The highest BCUT2D eigenvalue weighted by Crippen LogP contribution is 2.21. The smallest absolute Gasteiger partial charge is 0.274 e. The highest BCUT2D eigenvalue weighted by Gasteiger charge is 2.08. The van der Waals surface area contributed by atoms with E-state index in [9.17, 15) is 10.1 Å². The summed E-state index contributed by atoms with van der Waals surface area (Å²) in [6.07, 6.45) is 0. The molecule has 0 saturated heterocycles. The SMILES string of the molecule is COc1cc(C#CCCl)cc([N+](=O)[O-])c1. The number of rotatable bonds is 2. The van der Waals surface area contributed by atoms with E-state index in [0.717, 1.165) is 0 Å². The Morgan fingerprint density at radius 2 is 2.27 bits per heavy atom. The van der Waals surface area contributed by atoms with Crippen LogP contribution in [0.4, 0.5) is 5.69 Å². The van der Waals surface area contributed by atoms with Crippen LogP contribution < -0.4 is 4.74 Å². The van der Waals surface area contributed by atoms with Crippen molar-refractivity contribution >= 4 is 17.3 Å². The molecule has 78 valence electrons. The van der Waals surface area contributed by atoms with Gasteiger partial charge in [-0.2, -0.15) is 0 Å². The maximum absolute atomic E-state index is 10.6. The summed E-state index contributed by atoms with van der Waals surface area (Å²) in [6, 6.07) is 4.33. The Balaban J connectivity index is 3.17. The van der Waals surface area contributed by atoms with Gasteiger partial charge in [0.05, 0.1) is 24.0 Å². The largest absolute Gasteiger partial charge is 0.496 e. The average Bonchev–Trinajstić information content (AvgIpc) is 2.25. The molecule has 5 heteroatoms. The van der Waals surface area contributed by atoms with Gasteiger partial charge in [-0.1, -0.05) is 11.8 Å². The monoisotopic (exact) mass is 225 g/mol. The van der Waals surface area contributed by atoms with Crippen LogP contribution in [0.5, 0.6) is 5.75 Å². The molecule has 0 aromatic heterocycles. The zero-order chi connectivity index (χ0) is 11.3. The number of hydrogen-bond donors (Lipinski definition) is 0. The molecule has 1 aromatic rings. The number of ether oxygens (including phenoxy) is 1. The molecule has 1 aromatic carbocycles. The van der Waals surface area contributed by atoms with Crippen molar-refractivity contribution in [3.8, 4) is 17.6 Å². The van der Waals surface area contributed by atoms with Crippen LogP contribution in [-0.2, 0) is 0 Å². The van der Waals surface area contributed by atoms with Gasteiger partial charge in [0.1, 0.15) is 5.75 Å². The van der Waals surface area contributed by atoms with Crippen molar-refractivity contribution in [2.24, 2.45) is 0 Å². The van der Waals surface area contributed by atoms with Gasteiger partial charge in [-0.3, -0.25) is 10.1 Å². The van der Waals surface area contributed by atoms with Gasteiger partial charge >= 0.3 is 0 Å². The summed E-state index contributed by atoms with van der Waals surface area (Å²) >= 11 is 5.39. The molecule has 1 rings (SSSR count). The maximum Gasteiger partial charge on any atom is 0.274 e. The third kappa shape index (κ3) is 3.15. The number of methoxy groups -OCH3 is 1. The first-order chi connectivity index (χ1) is 7.17. The molecule has 0 fully saturated rings. The summed E-state index contributed by atoms with van der Waals surface area (Å²) in [6.45, 7) is 0. The van der Waals surface area contributed by atoms with E-state index in [1.807, 2.05) is 0 Å². The van der Waals surface area contributed by atoms with Crippen molar-refractivity contribution in [2.45, 2.75) is 0 Å². The number of hydrogen-bond acceptors (Lipinski definition) is 3. The van der Waals surface area contributed by atoms with Crippen LogP contribution in [0.1, 0.15) is 5.56 Å². The van der Waals surface area contributed by atoms with E-state index in [0.29, 0.717) is 11.3 Å². The van der Waals surface area contributed by atoms with E-state index in [4.69, 9.17) is 16.3 Å². The molecule has 0 aliphatic carbocycles. The molecule has 0 amide bonds. The number of nitrogens with zero attached hydrogens (tertiary/aromatic N) is 1. The van der Waals surface area contributed by atoms with Gasteiger partial charge in [0.25, 0.3) is 5.69 Å². The van der Waals surface area contributed by atoms with Crippen molar-refractivity contribution in [1.29, 1.82) is 0 Å². The zero-order valence-electron chi connectivity index (χ0n) is 7.99. The summed E-state index contributed by atoms with van der Waals surface area (Å²) < 4.78 is 4.92. The van der Waals surface area contributed by atoms with Gasteiger partial charge in [-0.15, -0.1) is 11.6 Å². The average molecular weight is 226 g/mol. The van der Waals surface area contributed by atoms with Crippen molar-refractivity contribution < 1.29 is 9.66 Å². The van der Waals surface area contributed by atoms with E-state index in [2.05, 4.69) is 11.8 Å². The van der Waals surface area contributed by atoms with Gasteiger partial charge in [0.2, 0.25) is 0 Å². The standard InChI is InChI=1S/C10H8ClNO3/c1-15-10-6-8(3-2-4-11)5-9(7-10)12(13)14/h5-7H,4H2,1H3. The predicted molar refractivity (Wildman–Crippen MR) is 57.2 cm³/mol. The third-order valence-corrected chi connectivity index (χ3v) is 1.77. The number of benzene rings is 1. The first-order valence-electron chi connectivity index (χ1n) is 4.05. The summed E-state index contributed by atoms with van der Waals surface area (Å²) in [5, 5.41) is 10.6. The first-order valence-corrected chi connectivity index (χ1v) is 4.59. The van der Waals surface area contributed by atoms with E-state index in [-0.39, 0.29) is 11.6 Å². The van der Waals surface area contributed by atoms with E-state index in [1.165, 1.54) is 19.2 Å². The molecule has 0 spiro atoms. The van der Waals surface area contributed by atoms with Crippen molar-refractivity contribution in [2.75, 3.05) is 13.0 Å². The molecule has 0 saturated carbocycles. The lowest BCUT2D eigenvalue weighted by atomic mass is 10.2. The van der Waals surface area contributed by atoms with Crippen LogP contribution in [0.15, 0.2) is 18.2 Å². The van der Waals surface area contributed by atoms with E-state index in [1.54, 1.807) is 6.07 Å². The van der Waals surface area contributed by atoms with Gasteiger partial charge in [-0.05, 0) is 6.07 Å². The third-order valence-electron chi connectivity index (χ3n) is 1.64. The number of nitro benzene ring substituents is 1. The maximum atomic E-state index is 10.6. The Morgan fingerprint density at radius 1 is 1.53 bits per heavy atom. The summed E-state index contributed by atoms with van der Waals surface area (Å²) in [7, 11) is 1.44. The topological polar surface area (TPSA) is 52.4 Å². The molecule has 0 unspecified atom stereocenters. The lowest BCUT2D eigenvalue weighted by Crippen LogP contribution is -1.91. The minimum Gasteiger partial charge on any atom is -0.496 e. The lowest BCUT2D eigenvalue weighted by Gasteiger charge is -2.00. The molecule has 4 nitrogen and oxygen atoms in total. The lowest BCUT2D eigenvalue weighted by molar-refractivity contribution is -0.384. The Hall–Kier alpha value is -1.73. The minimum atomic E-state index is -0.492. The summed E-state index contributed by atoms with van der Waals surface area (Å²) in [4.78, 5) is 10.1. The molecule has 0 N–H and O–H groups in total. The quantitative estimate of drug-likeness (QED) is 0.336. The normalized spacial score (nSPS) is 8.93. The predicted octanol–water partition coefficient (Wildman–Crippen LogP) is 2.19. The Morgan fingerprint density at radius 3 is 2.80 bits per heavy atom. The fraction of sp³-hybridized carbons (Fsp3) is 0.200. The number of alkyl halides is 1. The van der Waals surface area contributed by atoms with Gasteiger partial charge in [0, 0.05) is 11.6 Å². The molecule has 0 bridgehead atoms. The van der Waals surface area contributed by atoms with Crippen LogP contribution in [0, 0.1) is 22.0 Å². The molecule has 0 atom stereocenters. The van der Waals surface area contributed by atoms with Gasteiger partial charge in [-0.25, -0.2) is 0 Å². The van der Waals surface area contributed by atoms with Crippen molar-refractivity contribution in [3.63, 3.8) is 0 Å². The van der Waals surface area contributed by atoms with Gasteiger partial charge in [0.15, 0.2) is 0 Å². The zero-order valence-corrected chi connectivity index (χ0v) is 8.75. The molecule has 0 radical (unpaired) electrons. The molecular formula is C10H8ClNO3. The molecule has 0 heterocycles. The van der Waals surface area contributed by atoms with Crippen LogP contribution >= 0.6 is 11.6 Å². The van der Waals surface area contributed by atoms with Gasteiger partial charge < -0.3 is 4.74 Å². The molecule has 15 heavy (non-hydrogen) atoms. The minimum absolute atomic E-state index is 0.0479. The van der Waals surface area contributed by atoms with Crippen LogP contribution in [0.3, 0.4) is 0 Å². The fourth-order valence-electron chi connectivity index (χ4n) is 1.01. The highest BCUT2D eigenvalue weighted by molar-refractivity contribution is 6.19. The second-order valence-electron chi connectivity index (χ2n) is 2.61. The second kappa shape index (κ2) is 5.23. The van der Waals surface area contributed by atoms with Crippen molar-refractivity contribution in [3.05, 3.63) is 33.9 Å². The number of nitro groups is 1. The summed E-state index contributed by atoms with van der Waals surface area (Å²) in [5.41, 5.74) is 0.468. The van der Waals surface area contributed by atoms with Crippen LogP contribution in [0.2, 0.25) is 0 Å². The number of halogens is 1. The second-order valence-corrected chi connectivity index (χ2v) is 2.88. The highest BCUT2D eigenvalue weighted by atomic mass is 35.5.